The van der Waals surface area contributed by atoms with Crippen LogP contribution in [0.3, 0.4) is 0 Å². The second kappa shape index (κ2) is 5.34. The van der Waals surface area contributed by atoms with E-state index in [1.165, 1.54) is 42.1 Å². The van der Waals surface area contributed by atoms with Gasteiger partial charge in [-0.1, -0.05) is 72.3 Å². The third-order valence-electron chi connectivity index (χ3n) is 4.52. The molecule has 0 aliphatic heterocycles. The number of fused-ring (bicyclic) bond motifs is 4. The van der Waals surface area contributed by atoms with Gasteiger partial charge < -0.3 is 0 Å². The smallest absolute Gasteiger partial charge is 0.0585 e. The molecule has 1 heterocycles. The normalized spacial score (nSPS) is 11.5. The Hall–Kier alpha value is -2.35. The molecule has 5 aromatic rings. The lowest BCUT2D eigenvalue weighted by atomic mass is 9.98. The molecule has 0 spiro atoms. The van der Waals surface area contributed by atoms with E-state index in [0.717, 1.165) is 5.02 Å². The number of rotatable bonds is 1. The first kappa shape index (κ1) is 14.0. The zero-order valence-electron chi connectivity index (χ0n) is 12.8. The van der Waals surface area contributed by atoms with Crippen LogP contribution in [0.4, 0.5) is 0 Å². The van der Waals surface area contributed by atoms with Crippen LogP contribution >= 0.6 is 22.9 Å². The SMILES string of the molecule is Clc1ccc(-c2ccccc2)c2c1sc1cc3ccccc3cc12. The number of halogens is 1. The van der Waals surface area contributed by atoms with Crippen molar-refractivity contribution in [2.45, 2.75) is 0 Å². The predicted octanol–water partition coefficient (Wildman–Crippen LogP) is 7.53. The van der Waals surface area contributed by atoms with E-state index < -0.39 is 0 Å². The quantitative estimate of drug-likeness (QED) is 0.295. The summed E-state index contributed by atoms with van der Waals surface area (Å²) in [5.74, 6) is 0. The summed E-state index contributed by atoms with van der Waals surface area (Å²) in [6.07, 6.45) is 0. The van der Waals surface area contributed by atoms with Gasteiger partial charge in [0.1, 0.15) is 0 Å². The van der Waals surface area contributed by atoms with E-state index in [9.17, 15) is 0 Å². The highest BCUT2D eigenvalue weighted by atomic mass is 35.5. The van der Waals surface area contributed by atoms with Crippen LogP contribution in [0.25, 0.3) is 42.1 Å². The molecule has 0 unspecified atom stereocenters. The minimum atomic E-state index is 0.829. The predicted molar refractivity (Wildman–Crippen MR) is 107 cm³/mol. The standard InChI is InChI=1S/C22H13ClS/c23-19-11-10-17(14-6-2-1-3-7-14)21-18-12-15-8-4-5-9-16(15)13-20(18)24-22(19)21/h1-13H. The monoisotopic (exact) mass is 344 g/mol. The fourth-order valence-corrected chi connectivity index (χ4v) is 4.83. The van der Waals surface area contributed by atoms with Gasteiger partial charge in [0.25, 0.3) is 0 Å². The maximum absolute atomic E-state index is 6.53. The first-order valence-electron chi connectivity index (χ1n) is 7.90. The Labute approximate surface area is 148 Å². The van der Waals surface area contributed by atoms with Crippen LogP contribution in [-0.4, -0.2) is 0 Å². The van der Waals surface area contributed by atoms with Crippen LogP contribution in [0.2, 0.25) is 5.02 Å². The second-order valence-corrected chi connectivity index (χ2v) is 7.42. The fraction of sp³-hybridized carbons (Fsp3) is 0. The van der Waals surface area contributed by atoms with E-state index in [1.807, 2.05) is 6.07 Å². The van der Waals surface area contributed by atoms with Crippen LogP contribution < -0.4 is 0 Å². The molecule has 0 nitrogen and oxygen atoms in total. The Morgan fingerprint density at radius 3 is 2.21 bits per heavy atom. The van der Waals surface area contributed by atoms with E-state index in [4.69, 9.17) is 11.6 Å². The first-order valence-corrected chi connectivity index (χ1v) is 9.10. The van der Waals surface area contributed by atoms with Crippen LogP contribution in [0.1, 0.15) is 0 Å². The van der Waals surface area contributed by atoms with Crippen LogP contribution in [-0.2, 0) is 0 Å². The lowest BCUT2D eigenvalue weighted by molar-refractivity contribution is 1.67. The molecule has 5 rings (SSSR count). The van der Waals surface area contributed by atoms with Crippen molar-refractivity contribution >= 4 is 53.9 Å². The average Bonchev–Trinajstić information content (AvgIpc) is 3.00. The van der Waals surface area contributed by atoms with Crippen LogP contribution in [0, 0.1) is 0 Å². The maximum Gasteiger partial charge on any atom is 0.0585 e. The molecule has 0 amide bonds. The summed E-state index contributed by atoms with van der Waals surface area (Å²) in [5.41, 5.74) is 2.48. The van der Waals surface area contributed by atoms with E-state index in [2.05, 4.69) is 72.8 Å². The minimum Gasteiger partial charge on any atom is -0.134 e. The molecule has 0 radical (unpaired) electrons. The molecule has 0 saturated carbocycles. The summed E-state index contributed by atoms with van der Waals surface area (Å²) in [7, 11) is 0. The molecular weight excluding hydrogens is 332 g/mol. The number of thiophene rings is 1. The van der Waals surface area contributed by atoms with Crippen molar-refractivity contribution in [2.24, 2.45) is 0 Å². The van der Waals surface area contributed by atoms with Gasteiger partial charge in [0.2, 0.25) is 0 Å². The molecule has 0 aliphatic carbocycles. The van der Waals surface area contributed by atoms with E-state index in [0.29, 0.717) is 0 Å². The second-order valence-electron chi connectivity index (χ2n) is 5.96. The molecule has 0 N–H and O–H groups in total. The van der Waals surface area contributed by atoms with Gasteiger partial charge in [-0.3, -0.25) is 0 Å². The van der Waals surface area contributed by atoms with Crippen LogP contribution in [0.15, 0.2) is 78.9 Å². The van der Waals surface area contributed by atoms with Gasteiger partial charge in [-0.25, -0.2) is 0 Å². The van der Waals surface area contributed by atoms with Crippen molar-refractivity contribution < 1.29 is 0 Å². The molecule has 0 aliphatic rings. The van der Waals surface area contributed by atoms with Gasteiger partial charge in [-0.05, 0) is 40.1 Å². The van der Waals surface area contributed by atoms with Gasteiger partial charge in [-0.2, -0.15) is 0 Å². The summed E-state index contributed by atoms with van der Waals surface area (Å²) in [5, 5.41) is 5.92. The maximum atomic E-state index is 6.53. The van der Waals surface area contributed by atoms with Gasteiger partial charge in [0, 0.05) is 15.5 Å². The summed E-state index contributed by atoms with van der Waals surface area (Å²) in [6.45, 7) is 0. The third kappa shape index (κ3) is 2.06. The summed E-state index contributed by atoms with van der Waals surface area (Å²) in [6, 6.07) is 27.8. The van der Waals surface area contributed by atoms with Gasteiger partial charge in [0.05, 0.1) is 9.72 Å². The first-order chi connectivity index (χ1) is 11.8. The van der Waals surface area contributed by atoms with Crippen molar-refractivity contribution in [3.8, 4) is 11.1 Å². The Kier molecular flexibility index (Phi) is 3.12. The average molecular weight is 345 g/mol. The summed E-state index contributed by atoms with van der Waals surface area (Å²) in [4.78, 5) is 0. The van der Waals surface area contributed by atoms with Crippen molar-refractivity contribution in [2.75, 3.05) is 0 Å². The Morgan fingerprint density at radius 1 is 0.708 bits per heavy atom. The number of hydrogen-bond donors (Lipinski definition) is 0. The van der Waals surface area contributed by atoms with E-state index in [1.54, 1.807) is 11.3 Å². The van der Waals surface area contributed by atoms with Crippen LogP contribution in [0.5, 0.6) is 0 Å². The lowest BCUT2D eigenvalue weighted by Gasteiger charge is -2.06. The molecule has 114 valence electrons. The summed E-state index contributed by atoms with van der Waals surface area (Å²) >= 11 is 8.31. The Morgan fingerprint density at radius 2 is 1.42 bits per heavy atom. The molecule has 0 fully saturated rings. The molecule has 4 aromatic carbocycles. The number of hydrogen-bond acceptors (Lipinski definition) is 1. The van der Waals surface area contributed by atoms with E-state index >= 15 is 0 Å². The Bertz CT molecular complexity index is 1200. The van der Waals surface area contributed by atoms with Gasteiger partial charge in [-0.15, -0.1) is 11.3 Å². The highest BCUT2D eigenvalue weighted by Crippen LogP contribution is 2.44. The van der Waals surface area contributed by atoms with Gasteiger partial charge >= 0.3 is 0 Å². The van der Waals surface area contributed by atoms with Crippen molar-refractivity contribution in [1.29, 1.82) is 0 Å². The molecule has 2 heteroatoms. The molecule has 0 bridgehead atoms. The highest BCUT2D eigenvalue weighted by molar-refractivity contribution is 7.26. The van der Waals surface area contributed by atoms with Gasteiger partial charge in [0.15, 0.2) is 0 Å². The molecular formula is C22H13ClS. The Balaban J connectivity index is 1.98. The third-order valence-corrected chi connectivity index (χ3v) is 6.14. The van der Waals surface area contributed by atoms with E-state index in [-0.39, 0.29) is 0 Å². The number of benzene rings is 4. The summed E-state index contributed by atoms with van der Waals surface area (Å²) < 4.78 is 2.46. The largest absolute Gasteiger partial charge is 0.134 e. The zero-order chi connectivity index (χ0) is 16.1. The zero-order valence-corrected chi connectivity index (χ0v) is 14.4. The fourth-order valence-electron chi connectivity index (χ4n) is 3.39. The molecule has 1 aromatic heterocycles. The van der Waals surface area contributed by atoms with Crippen molar-refractivity contribution in [3.63, 3.8) is 0 Å². The topological polar surface area (TPSA) is 0 Å². The van der Waals surface area contributed by atoms with Crippen molar-refractivity contribution in [3.05, 3.63) is 83.9 Å². The highest BCUT2D eigenvalue weighted by Gasteiger charge is 2.14. The van der Waals surface area contributed by atoms with Crippen molar-refractivity contribution in [1.82, 2.24) is 0 Å². The lowest BCUT2D eigenvalue weighted by Crippen LogP contribution is -1.80. The molecule has 24 heavy (non-hydrogen) atoms. The minimum absolute atomic E-state index is 0.829. The molecule has 0 saturated heterocycles. The molecule has 0 atom stereocenters.